The van der Waals surface area contributed by atoms with Crippen molar-refractivity contribution in [2.45, 2.75) is 21.5 Å². The van der Waals surface area contributed by atoms with Gasteiger partial charge in [0.2, 0.25) is 0 Å². The van der Waals surface area contributed by atoms with Gasteiger partial charge in [0.15, 0.2) is 22.7 Å². The molecule has 0 saturated carbocycles. The van der Waals surface area contributed by atoms with E-state index in [1.54, 1.807) is 24.3 Å². The van der Waals surface area contributed by atoms with Crippen molar-refractivity contribution < 1.29 is 41.7 Å². The number of benzene rings is 3. The molecule has 12 nitrogen and oxygen atoms in total. The van der Waals surface area contributed by atoms with Gasteiger partial charge in [-0.1, -0.05) is 24.3 Å². The van der Waals surface area contributed by atoms with Gasteiger partial charge in [-0.15, -0.1) is 46.4 Å². The van der Waals surface area contributed by atoms with Crippen LogP contribution < -0.4 is 20.9 Å². The van der Waals surface area contributed by atoms with E-state index < -0.39 is 42.4 Å². The van der Waals surface area contributed by atoms with Crippen LogP contribution in [0.3, 0.4) is 0 Å². The predicted molar refractivity (Wildman–Crippen MR) is 137 cm³/mol. The van der Waals surface area contributed by atoms with Crippen LogP contribution in [0.4, 0.5) is 22.7 Å². The SMILES string of the molecule is [O-][NH+](O)c1ccc([C@@H](Cl)[C@@H](Cl)c2cccc([C@@H](Cl)[C@@H](Cl)c3ccc([NH+]([O-])O)cc3[NH+]([O-])O)c2)c([NH+]([O-])O)c1. The number of hydrogen-bond acceptors (Lipinski definition) is 8. The van der Waals surface area contributed by atoms with E-state index in [0.29, 0.717) is 11.1 Å². The standard InChI is InChI=1S/C22H22Cl4N4O8/c23-19(21(25)15-6-4-13(27(31)32)9-17(15)29(35)36)11-2-1-3-12(8-11)20(24)22(26)16-7-5-14(28(33)34)10-18(16)30(37)38/h1-10,19-22,27-31,33,35,37H/t19-,20+,21+,22-. The third-order valence-electron chi connectivity index (χ3n) is 5.72. The van der Waals surface area contributed by atoms with E-state index in [1.807, 2.05) is 0 Å². The third kappa shape index (κ3) is 6.91. The van der Waals surface area contributed by atoms with Crippen LogP contribution in [0.1, 0.15) is 43.8 Å². The Balaban J connectivity index is 1.91. The zero-order chi connectivity index (χ0) is 28.3. The molecule has 0 spiro atoms. The van der Waals surface area contributed by atoms with Crippen LogP contribution >= 0.6 is 46.4 Å². The molecule has 0 aliphatic carbocycles. The summed E-state index contributed by atoms with van der Waals surface area (Å²) in [5, 5.41) is 74.0. The topological polar surface area (TPSA) is 191 Å². The maximum Gasteiger partial charge on any atom is 0.174 e. The highest BCUT2D eigenvalue weighted by molar-refractivity contribution is 6.31. The summed E-state index contributed by atoms with van der Waals surface area (Å²) < 4.78 is 0. The van der Waals surface area contributed by atoms with Gasteiger partial charge in [-0.25, -0.2) is 20.8 Å². The van der Waals surface area contributed by atoms with Gasteiger partial charge < -0.3 is 20.8 Å². The summed E-state index contributed by atoms with van der Waals surface area (Å²) in [4.78, 5) is 0. The molecule has 0 amide bonds. The van der Waals surface area contributed by atoms with Crippen molar-refractivity contribution in [3.63, 3.8) is 0 Å². The second kappa shape index (κ2) is 13.1. The molecular formula is C22H22Cl4N4O8. The molecule has 3 rings (SSSR count). The van der Waals surface area contributed by atoms with Gasteiger partial charge in [0, 0.05) is 23.3 Å². The molecule has 8 atom stereocenters. The quantitative estimate of drug-likeness (QED) is 0.126. The van der Waals surface area contributed by atoms with Crippen LogP contribution in [0.25, 0.3) is 0 Å². The lowest BCUT2D eigenvalue weighted by atomic mass is 9.96. The van der Waals surface area contributed by atoms with Crippen LogP contribution in [0, 0.1) is 20.8 Å². The Labute approximate surface area is 235 Å². The Morgan fingerprint density at radius 2 is 0.868 bits per heavy atom. The van der Waals surface area contributed by atoms with Crippen LogP contribution in [0.5, 0.6) is 0 Å². The molecule has 0 aromatic heterocycles. The summed E-state index contributed by atoms with van der Waals surface area (Å²) >= 11 is 26.3. The van der Waals surface area contributed by atoms with E-state index in [0.717, 1.165) is 12.1 Å². The highest BCUT2D eigenvalue weighted by Crippen LogP contribution is 2.45. The van der Waals surface area contributed by atoms with Crippen LogP contribution in [0.15, 0.2) is 60.7 Å². The van der Waals surface area contributed by atoms with E-state index in [9.17, 15) is 31.2 Å². The fourth-order valence-electron chi connectivity index (χ4n) is 3.79. The molecule has 3 aromatic carbocycles. The molecule has 0 aliphatic rings. The molecule has 38 heavy (non-hydrogen) atoms. The van der Waals surface area contributed by atoms with Crippen LogP contribution in [-0.2, 0) is 0 Å². The minimum atomic E-state index is -1.37. The van der Waals surface area contributed by atoms with Gasteiger partial charge >= 0.3 is 0 Å². The first-order valence-electron chi connectivity index (χ1n) is 10.7. The first-order chi connectivity index (χ1) is 17.8. The van der Waals surface area contributed by atoms with Gasteiger partial charge in [0.1, 0.15) is 0 Å². The Bertz CT molecular complexity index is 1160. The smallest absolute Gasteiger partial charge is 0.174 e. The number of hydrogen-bond donors (Lipinski definition) is 8. The first kappa shape index (κ1) is 30.9. The molecule has 0 radical (unpaired) electrons. The molecule has 16 heteroatoms. The number of alkyl halides is 4. The Hall–Kier alpha value is -1.66. The third-order valence-corrected chi connectivity index (χ3v) is 7.96. The minimum absolute atomic E-state index is 0.108. The average Bonchev–Trinajstić information content (AvgIpc) is 2.90. The largest absolute Gasteiger partial charge is 0.595 e. The number of quaternary nitrogens is 4. The monoisotopic (exact) mass is 610 g/mol. The first-order valence-corrected chi connectivity index (χ1v) is 12.4. The van der Waals surface area contributed by atoms with E-state index in [2.05, 4.69) is 0 Å². The second-order valence-electron chi connectivity index (χ2n) is 8.10. The lowest BCUT2D eigenvalue weighted by Gasteiger charge is -2.25. The Morgan fingerprint density at radius 1 is 0.500 bits per heavy atom. The van der Waals surface area contributed by atoms with Crippen LogP contribution in [0.2, 0.25) is 0 Å². The number of halogens is 4. The van der Waals surface area contributed by atoms with E-state index >= 15 is 0 Å². The lowest BCUT2D eigenvalue weighted by molar-refractivity contribution is -0.996. The molecule has 3 aromatic rings. The van der Waals surface area contributed by atoms with Crippen molar-refractivity contribution in [1.82, 2.24) is 0 Å². The van der Waals surface area contributed by atoms with Gasteiger partial charge in [0.05, 0.1) is 33.6 Å². The lowest BCUT2D eigenvalue weighted by Crippen LogP contribution is -3.01. The molecule has 0 bridgehead atoms. The average molecular weight is 612 g/mol. The van der Waals surface area contributed by atoms with Crippen molar-refractivity contribution in [3.8, 4) is 0 Å². The molecule has 0 saturated heterocycles. The minimum Gasteiger partial charge on any atom is -0.595 e. The molecular weight excluding hydrogens is 590 g/mol. The normalized spacial score (nSPS) is 18.2. The van der Waals surface area contributed by atoms with Crippen molar-refractivity contribution in [1.29, 1.82) is 0 Å². The van der Waals surface area contributed by atoms with Crippen molar-refractivity contribution in [2.75, 3.05) is 0 Å². The van der Waals surface area contributed by atoms with E-state index in [-0.39, 0.29) is 33.9 Å². The summed E-state index contributed by atoms with van der Waals surface area (Å²) in [7, 11) is 0. The zero-order valence-corrected chi connectivity index (χ0v) is 22.0. The van der Waals surface area contributed by atoms with Gasteiger partial charge in [-0.05, 0) is 23.3 Å². The summed E-state index contributed by atoms with van der Waals surface area (Å²) in [6.07, 6.45) is 0. The number of nitrogens with one attached hydrogen (secondary N) is 4. The Morgan fingerprint density at radius 3 is 1.18 bits per heavy atom. The van der Waals surface area contributed by atoms with Gasteiger partial charge in [-0.2, -0.15) is 20.9 Å². The predicted octanol–water partition coefficient (Wildman–Crippen LogP) is 1.82. The van der Waals surface area contributed by atoms with Crippen molar-refractivity contribution in [3.05, 3.63) is 104 Å². The fourth-order valence-corrected chi connectivity index (χ4v) is 5.00. The Kier molecular flexibility index (Phi) is 10.7. The van der Waals surface area contributed by atoms with E-state index in [4.69, 9.17) is 56.8 Å². The highest BCUT2D eigenvalue weighted by Gasteiger charge is 2.30. The molecule has 8 N–H and O–H groups in total. The molecule has 0 fully saturated rings. The van der Waals surface area contributed by atoms with Crippen molar-refractivity contribution in [2.24, 2.45) is 0 Å². The zero-order valence-electron chi connectivity index (χ0n) is 19.0. The highest BCUT2D eigenvalue weighted by atomic mass is 35.5. The van der Waals surface area contributed by atoms with E-state index in [1.165, 1.54) is 24.3 Å². The molecule has 0 heterocycles. The number of rotatable bonds is 10. The summed E-state index contributed by atoms with van der Waals surface area (Å²) in [6.45, 7) is 0. The molecule has 4 unspecified atom stereocenters. The summed E-state index contributed by atoms with van der Waals surface area (Å²) in [6, 6.07) is 13.5. The summed E-state index contributed by atoms with van der Waals surface area (Å²) in [5.74, 6) is 0. The van der Waals surface area contributed by atoms with Gasteiger partial charge in [0.25, 0.3) is 0 Å². The molecule has 0 aliphatic heterocycles. The fraction of sp³-hybridized carbons (Fsp3) is 0.182. The maximum atomic E-state index is 11.7. The summed E-state index contributed by atoms with van der Waals surface area (Å²) in [5.41, 5.74) is 0.0296. The van der Waals surface area contributed by atoms with Crippen LogP contribution in [-0.4, -0.2) is 20.8 Å². The maximum absolute atomic E-state index is 11.7. The molecule has 206 valence electrons. The van der Waals surface area contributed by atoms with Crippen molar-refractivity contribution >= 4 is 69.2 Å². The van der Waals surface area contributed by atoms with Gasteiger partial charge in [-0.3, -0.25) is 0 Å². The second-order valence-corrected chi connectivity index (χ2v) is 9.98.